The van der Waals surface area contributed by atoms with E-state index in [2.05, 4.69) is 6.07 Å². The maximum Gasteiger partial charge on any atom is 0.416 e. The number of carboxylic acid groups (broad SMARTS) is 1. The molecule has 118 valence electrons. The first kappa shape index (κ1) is 15.1. The van der Waals surface area contributed by atoms with E-state index in [-0.39, 0.29) is 5.56 Å². The molecular weight excluding hydrogens is 294 g/mol. The molecule has 1 aromatic heterocycles. The average molecular weight is 311 g/mol. The minimum Gasteiger partial charge on any atom is -0.465 e. The van der Waals surface area contributed by atoms with Gasteiger partial charge in [0, 0.05) is 6.20 Å². The number of aryl methyl sites for hydroxylation is 1. The van der Waals surface area contributed by atoms with E-state index < -0.39 is 12.1 Å². The molecule has 1 aliphatic rings. The molecule has 0 radical (unpaired) electrons. The van der Waals surface area contributed by atoms with Gasteiger partial charge >= 0.3 is 12.1 Å². The minimum atomic E-state index is -1.12. The molecule has 23 heavy (non-hydrogen) atoms. The van der Waals surface area contributed by atoms with E-state index in [1.54, 1.807) is 0 Å². The van der Waals surface area contributed by atoms with Crippen LogP contribution in [0.2, 0.25) is 0 Å². The lowest BCUT2D eigenvalue weighted by Crippen LogP contribution is -2.13. The number of hydrogen-bond acceptors (Lipinski definition) is 3. The topological polar surface area (TPSA) is 68.5 Å². The van der Waals surface area contributed by atoms with Crippen molar-refractivity contribution in [2.45, 2.75) is 19.3 Å². The first-order valence-corrected chi connectivity index (χ1v) is 7.43. The molecule has 5 heteroatoms. The van der Waals surface area contributed by atoms with Crippen LogP contribution in [0.1, 0.15) is 40.0 Å². The number of hydrogen-bond donors (Lipinski definition) is 1. The Morgan fingerprint density at radius 1 is 1.17 bits per heavy atom. The van der Waals surface area contributed by atoms with Gasteiger partial charge in [-0.1, -0.05) is 24.3 Å². The van der Waals surface area contributed by atoms with Crippen LogP contribution in [-0.2, 0) is 11.2 Å². The number of aromatic nitrogens is 1. The molecule has 0 aliphatic heterocycles. The van der Waals surface area contributed by atoms with Gasteiger partial charge in [-0.15, -0.1) is 0 Å². The van der Waals surface area contributed by atoms with Gasteiger partial charge in [0.05, 0.1) is 18.4 Å². The van der Waals surface area contributed by atoms with Crippen molar-refractivity contribution in [1.82, 2.24) is 4.57 Å². The number of nitrogens with zero attached hydrogens (tertiary/aromatic N) is 1. The fraction of sp³-hybridized carbons (Fsp3) is 0.222. The number of carbonyl (C=O) groups is 2. The summed E-state index contributed by atoms with van der Waals surface area (Å²) >= 11 is 0. The van der Waals surface area contributed by atoms with Crippen molar-refractivity contribution in [2.75, 3.05) is 7.11 Å². The molecule has 2 aromatic rings. The zero-order chi connectivity index (χ0) is 16.4. The Balaban J connectivity index is 2.17. The fourth-order valence-corrected chi connectivity index (χ4v) is 3.01. The molecule has 0 spiro atoms. The van der Waals surface area contributed by atoms with E-state index in [9.17, 15) is 14.7 Å². The van der Waals surface area contributed by atoms with Gasteiger partial charge in [0.15, 0.2) is 0 Å². The van der Waals surface area contributed by atoms with Crippen LogP contribution < -0.4 is 0 Å². The predicted molar refractivity (Wildman–Crippen MR) is 86.4 cm³/mol. The van der Waals surface area contributed by atoms with Gasteiger partial charge in [0.2, 0.25) is 0 Å². The lowest BCUT2D eigenvalue weighted by atomic mass is 10.0. The summed E-state index contributed by atoms with van der Waals surface area (Å²) in [4.78, 5) is 23.5. The Morgan fingerprint density at radius 2 is 1.96 bits per heavy atom. The van der Waals surface area contributed by atoms with E-state index in [0.29, 0.717) is 12.1 Å². The Kier molecular flexibility index (Phi) is 4.02. The van der Waals surface area contributed by atoms with E-state index >= 15 is 0 Å². The van der Waals surface area contributed by atoms with E-state index in [1.807, 2.05) is 24.3 Å². The summed E-state index contributed by atoms with van der Waals surface area (Å²) in [6.07, 6.45) is 4.78. The summed E-state index contributed by atoms with van der Waals surface area (Å²) in [5.74, 6) is -0.529. The monoisotopic (exact) mass is 311 g/mol. The molecule has 1 N–H and O–H groups in total. The van der Waals surface area contributed by atoms with Gasteiger partial charge in [-0.2, -0.15) is 0 Å². The van der Waals surface area contributed by atoms with Gasteiger partial charge < -0.3 is 9.84 Å². The average Bonchev–Trinajstić information content (AvgIpc) is 2.88. The number of ether oxygens (including phenoxy) is 1. The molecule has 1 heterocycles. The van der Waals surface area contributed by atoms with Crippen LogP contribution in [0.3, 0.4) is 0 Å². The molecule has 0 saturated carbocycles. The molecule has 1 aliphatic carbocycles. The number of carbonyl (C=O) groups excluding carboxylic acids is 1. The highest BCUT2D eigenvalue weighted by Crippen LogP contribution is 2.32. The Bertz CT molecular complexity index is 801. The van der Waals surface area contributed by atoms with Crippen LogP contribution in [0.4, 0.5) is 4.79 Å². The quantitative estimate of drug-likeness (QED) is 0.859. The number of rotatable bonds is 2. The highest BCUT2D eigenvalue weighted by Gasteiger charge is 2.23. The van der Waals surface area contributed by atoms with E-state index in [4.69, 9.17) is 4.74 Å². The van der Waals surface area contributed by atoms with Crippen molar-refractivity contribution < 1.29 is 19.4 Å². The Hall–Kier alpha value is -2.82. The van der Waals surface area contributed by atoms with E-state index in [0.717, 1.165) is 28.5 Å². The van der Waals surface area contributed by atoms with E-state index in [1.165, 1.54) is 24.9 Å². The maximum atomic E-state index is 12.0. The first-order valence-electron chi connectivity index (χ1n) is 7.43. The Labute approximate surface area is 133 Å². The molecular formula is C18H17NO4. The summed E-state index contributed by atoms with van der Waals surface area (Å²) in [7, 11) is 1.29. The van der Waals surface area contributed by atoms with Crippen molar-refractivity contribution in [3.8, 4) is 0 Å². The highest BCUT2D eigenvalue weighted by molar-refractivity contribution is 5.99. The summed E-state index contributed by atoms with van der Waals surface area (Å²) in [6, 6.07) is 9.53. The first-order chi connectivity index (χ1) is 11.1. The van der Waals surface area contributed by atoms with Crippen molar-refractivity contribution in [3.63, 3.8) is 0 Å². The molecule has 3 rings (SSSR count). The minimum absolute atomic E-state index is 0.278. The molecule has 1 aromatic carbocycles. The second-order valence-electron chi connectivity index (χ2n) is 5.44. The SMILES string of the molecule is COC(=O)c1ccn(C(=O)O)c1C1=Cc2ccccc2CCC1. The van der Waals surface area contributed by atoms with Gasteiger partial charge in [-0.25, -0.2) is 9.59 Å². The van der Waals surface area contributed by atoms with Crippen molar-refractivity contribution in [1.29, 1.82) is 0 Å². The molecule has 0 fully saturated rings. The van der Waals surface area contributed by atoms with Crippen LogP contribution in [-0.4, -0.2) is 28.8 Å². The van der Waals surface area contributed by atoms with Crippen LogP contribution in [0.5, 0.6) is 0 Å². The smallest absolute Gasteiger partial charge is 0.416 e. The van der Waals surface area contributed by atoms with Crippen LogP contribution >= 0.6 is 0 Å². The molecule has 0 unspecified atom stereocenters. The third-order valence-corrected chi connectivity index (χ3v) is 4.08. The zero-order valence-electron chi connectivity index (χ0n) is 12.8. The lowest BCUT2D eigenvalue weighted by Gasteiger charge is -2.10. The van der Waals surface area contributed by atoms with Gasteiger partial charge in [0.25, 0.3) is 0 Å². The maximum absolute atomic E-state index is 12.0. The third kappa shape index (κ3) is 2.77. The summed E-state index contributed by atoms with van der Waals surface area (Å²) in [5.41, 5.74) is 3.81. The number of allylic oxidation sites excluding steroid dienone is 1. The summed E-state index contributed by atoms with van der Waals surface area (Å²) in [6.45, 7) is 0. The summed E-state index contributed by atoms with van der Waals surface area (Å²) in [5, 5.41) is 9.41. The second kappa shape index (κ2) is 6.12. The van der Waals surface area contributed by atoms with Crippen LogP contribution in [0.25, 0.3) is 11.6 Å². The highest BCUT2D eigenvalue weighted by atomic mass is 16.5. The van der Waals surface area contributed by atoms with Gasteiger partial charge in [0.1, 0.15) is 0 Å². The second-order valence-corrected chi connectivity index (χ2v) is 5.44. The summed E-state index contributed by atoms with van der Waals surface area (Å²) < 4.78 is 5.88. The van der Waals surface area contributed by atoms with Crippen molar-refractivity contribution >= 4 is 23.7 Å². The standard InChI is InChI=1S/C18H17NO4/c1-23-17(20)15-9-10-19(18(21)22)16(15)14-8-4-7-12-5-2-3-6-13(12)11-14/h2-3,5-6,9-11H,4,7-8H2,1H3,(H,21,22). The zero-order valence-corrected chi connectivity index (χ0v) is 12.8. The van der Waals surface area contributed by atoms with Crippen molar-refractivity contribution in [3.05, 3.63) is 58.9 Å². The largest absolute Gasteiger partial charge is 0.465 e. The molecule has 5 nitrogen and oxygen atoms in total. The number of fused-ring (bicyclic) bond motifs is 1. The van der Waals surface area contributed by atoms with Crippen LogP contribution in [0.15, 0.2) is 36.5 Å². The third-order valence-electron chi connectivity index (χ3n) is 4.08. The predicted octanol–water partition coefficient (Wildman–Crippen LogP) is 3.68. The van der Waals surface area contributed by atoms with Gasteiger partial charge in [-0.05, 0) is 48.1 Å². The number of benzene rings is 1. The lowest BCUT2D eigenvalue weighted by molar-refractivity contribution is 0.0600. The fourth-order valence-electron chi connectivity index (χ4n) is 3.01. The van der Waals surface area contributed by atoms with Crippen LogP contribution in [0, 0.1) is 0 Å². The Morgan fingerprint density at radius 3 is 2.70 bits per heavy atom. The molecule has 0 atom stereocenters. The number of methoxy groups -OCH3 is 1. The molecule has 0 amide bonds. The van der Waals surface area contributed by atoms with Crippen molar-refractivity contribution in [2.24, 2.45) is 0 Å². The molecule has 0 saturated heterocycles. The molecule has 0 bridgehead atoms. The number of esters is 1. The normalized spacial score (nSPS) is 13.7. The van der Waals surface area contributed by atoms with Gasteiger partial charge in [-0.3, -0.25) is 4.57 Å².